The molecule has 0 aliphatic rings. The molecule has 0 fully saturated rings. The SMILES string of the molecule is O=P(O)(O)O/C=C(\F)OP(=O)(O)O. The van der Waals surface area contributed by atoms with E-state index < -0.39 is 21.7 Å². The predicted molar refractivity (Wildman–Crippen MR) is 35.4 cm³/mol. The molecule has 13 heavy (non-hydrogen) atoms. The molecule has 0 heterocycles. The molecule has 0 aromatic heterocycles. The van der Waals surface area contributed by atoms with E-state index in [4.69, 9.17) is 19.6 Å². The van der Waals surface area contributed by atoms with Crippen LogP contribution in [0, 0.1) is 0 Å². The van der Waals surface area contributed by atoms with Crippen LogP contribution in [0.5, 0.6) is 0 Å². The molecule has 0 aromatic rings. The molecule has 11 heteroatoms. The van der Waals surface area contributed by atoms with Gasteiger partial charge in [-0.3, -0.25) is 19.6 Å². The van der Waals surface area contributed by atoms with Crippen LogP contribution >= 0.6 is 15.6 Å². The van der Waals surface area contributed by atoms with Crippen LogP contribution in [-0.4, -0.2) is 19.6 Å². The van der Waals surface area contributed by atoms with Gasteiger partial charge in [0.05, 0.1) is 0 Å². The Morgan fingerprint density at radius 1 is 1.15 bits per heavy atom. The highest BCUT2D eigenvalue weighted by atomic mass is 31.2. The monoisotopic (exact) mass is 238 g/mol. The van der Waals surface area contributed by atoms with Crippen molar-refractivity contribution in [2.75, 3.05) is 0 Å². The van der Waals surface area contributed by atoms with E-state index >= 15 is 0 Å². The minimum absolute atomic E-state index is 0.250. The highest BCUT2D eigenvalue weighted by Gasteiger charge is 2.20. The summed E-state index contributed by atoms with van der Waals surface area (Å²) in [5, 5.41) is 0. The van der Waals surface area contributed by atoms with Gasteiger partial charge < -0.3 is 9.05 Å². The minimum atomic E-state index is -5.08. The van der Waals surface area contributed by atoms with Gasteiger partial charge in [-0.2, -0.15) is 4.39 Å². The topological polar surface area (TPSA) is 134 Å². The van der Waals surface area contributed by atoms with Crippen molar-refractivity contribution < 1.29 is 42.1 Å². The third kappa shape index (κ3) is 9.48. The molecule has 0 amide bonds. The molecule has 8 nitrogen and oxygen atoms in total. The molecule has 0 aliphatic heterocycles. The first-order chi connectivity index (χ1) is 5.60. The quantitative estimate of drug-likeness (QED) is 0.396. The summed E-state index contributed by atoms with van der Waals surface area (Å²) in [6, 6.07) is -1.95. The Bertz CT molecular complexity index is 285. The minimum Gasteiger partial charge on any atom is -0.406 e. The van der Waals surface area contributed by atoms with Crippen LogP contribution in [0.1, 0.15) is 0 Å². The lowest BCUT2D eigenvalue weighted by Gasteiger charge is -2.04. The van der Waals surface area contributed by atoms with Crippen LogP contribution in [0.2, 0.25) is 0 Å². The van der Waals surface area contributed by atoms with Gasteiger partial charge >= 0.3 is 21.7 Å². The summed E-state index contributed by atoms with van der Waals surface area (Å²) < 4.78 is 38.6. The number of phosphoric acid groups is 2. The fourth-order valence-electron chi connectivity index (χ4n) is 0.245. The summed E-state index contributed by atoms with van der Waals surface area (Å²) in [6.45, 7) is 0. The third-order valence-corrected chi connectivity index (χ3v) is 1.28. The maximum atomic E-state index is 12.1. The Balaban J connectivity index is 4.21. The second-order valence-corrected chi connectivity index (χ2v) is 3.96. The fraction of sp³-hybridized carbons (Fsp3) is 0. The van der Waals surface area contributed by atoms with Crippen molar-refractivity contribution in [2.45, 2.75) is 0 Å². The van der Waals surface area contributed by atoms with Crippen molar-refractivity contribution in [1.82, 2.24) is 0 Å². The number of hydrogen-bond acceptors (Lipinski definition) is 4. The van der Waals surface area contributed by atoms with Crippen LogP contribution in [0.15, 0.2) is 12.3 Å². The average Bonchev–Trinajstić information content (AvgIpc) is 1.78. The van der Waals surface area contributed by atoms with E-state index in [0.717, 1.165) is 0 Å². The summed E-state index contributed by atoms with van der Waals surface area (Å²) in [7, 11) is -10.0. The van der Waals surface area contributed by atoms with Gasteiger partial charge in [-0.15, -0.1) is 0 Å². The van der Waals surface area contributed by atoms with E-state index in [9.17, 15) is 13.5 Å². The maximum absolute atomic E-state index is 12.1. The van der Waals surface area contributed by atoms with Crippen LogP contribution in [0.3, 0.4) is 0 Å². The van der Waals surface area contributed by atoms with Crippen molar-refractivity contribution in [1.29, 1.82) is 0 Å². The van der Waals surface area contributed by atoms with Crippen molar-refractivity contribution in [2.24, 2.45) is 0 Å². The molecule has 0 atom stereocenters. The standard InChI is InChI=1S/C2H5FO8P2/c3-2(11-13(7,8)9)1-10-12(4,5)6/h1H,(H2,4,5,6)(H2,7,8,9)/b2-1+. The summed E-state index contributed by atoms with van der Waals surface area (Å²) in [5.41, 5.74) is 0. The van der Waals surface area contributed by atoms with Crippen molar-refractivity contribution in [3.05, 3.63) is 12.3 Å². The first kappa shape index (κ1) is 12.6. The largest absolute Gasteiger partial charge is 0.526 e. The summed E-state index contributed by atoms with van der Waals surface area (Å²) in [4.78, 5) is 31.9. The van der Waals surface area contributed by atoms with Gasteiger partial charge in [0, 0.05) is 0 Å². The van der Waals surface area contributed by atoms with Crippen molar-refractivity contribution >= 4 is 15.6 Å². The highest BCUT2D eigenvalue weighted by Crippen LogP contribution is 2.41. The van der Waals surface area contributed by atoms with Gasteiger partial charge in [0.25, 0.3) is 0 Å². The lowest BCUT2D eigenvalue weighted by atomic mass is 11.0. The Morgan fingerprint density at radius 2 is 1.62 bits per heavy atom. The molecular weight excluding hydrogens is 233 g/mol. The van der Waals surface area contributed by atoms with Gasteiger partial charge in [0.2, 0.25) is 0 Å². The molecule has 0 radical (unpaired) electrons. The molecule has 0 bridgehead atoms. The van der Waals surface area contributed by atoms with E-state index in [1.54, 1.807) is 0 Å². The highest BCUT2D eigenvalue weighted by molar-refractivity contribution is 7.46. The summed E-state index contributed by atoms with van der Waals surface area (Å²) >= 11 is 0. The zero-order valence-electron chi connectivity index (χ0n) is 5.77. The summed E-state index contributed by atoms with van der Waals surface area (Å²) in [6.07, 6.45) is -0.250. The average molecular weight is 238 g/mol. The molecule has 0 rings (SSSR count). The molecule has 0 aliphatic carbocycles. The molecule has 0 unspecified atom stereocenters. The van der Waals surface area contributed by atoms with Crippen LogP contribution in [0.25, 0.3) is 0 Å². The number of rotatable bonds is 4. The fourth-order valence-corrected chi connectivity index (χ4v) is 0.736. The lowest BCUT2D eigenvalue weighted by molar-refractivity contribution is 0.182. The van der Waals surface area contributed by atoms with Gasteiger partial charge in [-0.25, -0.2) is 9.13 Å². The zero-order chi connectivity index (χ0) is 10.7. The Hall–Kier alpha value is -0.430. The van der Waals surface area contributed by atoms with Crippen LogP contribution < -0.4 is 0 Å². The van der Waals surface area contributed by atoms with Gasteiger partial charge in [-0.05, 0) is 0 Å². The molecule has 0 aromatic carbocycles. The van der Waals surface area contributed by atoms with Crippen LogP contribution in [-0.2, 0) is 18.2 Å². The number of halogens is 1. The van der Waals surface area contributed by atoms with E-state index in [0.29, 0.717) is 0 Å². The van der Waals surface area contributed by atoms with Gasteiger partial charge in [0.15, 0.2) is 6.26 Å². The van der Waals surface area contributed by atoms with Gasteiger partial charge in [0.1, 0.15) is 0 Å². The molecule has 0 saturated carbocycles. The van der Waals surface area contributed by atoms with Crippen LogP contribution in [0.4, 0.5) is 4.39 Å². The third-order valence-electron chi connectivity index (χ3n) is 0.489. The van der Waals surface area contributed by atoms with E-state index in [2.05, 4.69) is 9.05 Å². The Morgan fingerprint density at radius 3 is 1.92 bits per heavy atom. The molecular formula is C2H5FO8P2. The molecule has 78 valence electrons. The molecule has 0 spiro atoms. The molecule has 4 N–H and O–H groups in total. The normalized spacial score (nSPS) is 14.1. The van der Waals surface area contributed by atoms with Gasteiger partial charge in [-0.1, -0.05) is 0 Å². The smallest absolute Gasteiger partial charge is 0.406 e. The van der Waals surface area contributed by atoms with Crippen molar-refractivity contribution in [3.8, 4) is 0 Å². The number of hydrogen-bond donors (Lipinski definition) is 4. The summed E-state index contributed by atoms with van der Waals surface area (Å²) in [5.74, 6) is 0. The lowest BCUT2D eigenvalue weighted by Crippen LogP contribution is -1.86. The first-order valence-corrected chi connectivity index (χ1v) is 5.51. The Labute approximate surface area is 71.1 Å². The second kappa shape index (κ2) is 4.19. The van der Waals surface area contributed by atoms with Crippen molar-refractivity contribution in [3.63, 3.8) is 0 Å². The maximum Gasteiger partial charge on any atom is 0.526 e. The van der Waals surface area contributed by atoms with E-state index in [-0.39, 0.29) is 6.26 Å². The Kier molecular flexibility index (Phi) is 4.05. The van der Waals surface area contributed by atoms with E-state index in [1.807, 2.05) is 0 Å². The number of phosphoric ester groups is 2. The van der Waals surface area contributed by atoms with E-state index in [1.165, 1.54) is 0 Å². The second-order valence-electron chi connectivity index (χ2n) is 1.60. The zero-order valence-corrected chi connectivity index (χ0v) is 7.56. The predicted octanol–water partition coefficient (Wildman–Crippen LogP) is -0.0266. The molecule has 0 saturated heterocycles. The first-order valence-electron chi connectivity index (χ1n) is 2.45.